The second kappa shape index (κ2) is 13.3. The Morgan fingerprint density at radius 1 is 0.750 bits per heavy atom. The van der Waals surface area contributed by atoms with Crippen molar-refractivity contribution in [3.63, 3.8) is 0 Å². The third kappa shape index (κ3) is 7.97. The molecule has 2 aromatic rings. The van der Waals surface area contributed by atoms with Crippen molar-refractivity contribution in [3.05, 3.63) is 59.7 Å². The molecule has 0 aliphatic carbocycles. The van der Waals surface area contributed by atoms with Crippen LogP contribution in [-0.2, 0) is 26.8 Å². The van der Waals surface area contributed by atoms with Crippen LogP contribution in [0, 0.1) is 0 Å². The minimum absolute atomic E-state index is 0.251. The normalized spacial score (nSPS) is 10.6. The summed E-state index contributed by atoms with van der Waals surface area (Å²) in [6.45, 7) is 6.66. The Morgan fingerprint density at radius 3 is 1.61 bits per heavy atom. The predicted octanol–water partition coefficient (Wildman–Crippen LogP) is 6.50. The van der Waals surface area contributed by atoms with Crippen molar-refractivity contribution in [3.8, 4) is 0 Å². The van der Waals surface area contributed by atoms with E-state index in [0.29, 0.717) is 0 Å². The second-order valence-corrected chi connectivity index (χ2v) is 7.61. The van der Waals surface area contributed by atoms with E-state index >= 15 is 0 Å². The minimum atomic E-state index is -2.19. The van der Waals surface area contributed by atoms with Crippen LogP contribution >= 0.6 is 8.25 Å². The first-order chi connectivity index (χ1) is 13.7. The summed E-state index contributed by atoms with van der Waals surface area (Å²) in [6.07, 6.45) is 4.50. The van der Waals surface area contributed by atoms with Gasteiger partial charge in [0.1, 0.15) is 13.2 Å². The fourth-order valence-electron chi connectivity index (χ4n) is 2.72. The van der Waals surface area contributed by atoms with Crippen molar-refractivity contribution >= 4 is 19.6 Å². The molecule has 6 heteroatoms. The molecule has 0 heterocycles. The number of unbranched alkanes of at least 4 members (excludes halogenated alkanes) is 2. The van der Waals surface area contributed by atoms with Crippen LogP contribution in [-0.4, -0.2) is 13.1 Å². The molecular weight excluding hydrogens is 371 g/mol. The molecule has 0 aliphatic heterocycles. The fourth-order valence-corrected chi connectivity index (χ4v) is 3.28. The zero-order chi connectivity index (χ0) is 20.0. The summed E-state index contributed by atoms with van der Waals surface area (Å²) in [7, 11) is -2.19. The zero-order valence-corrected chi connectivity index (χ0v) is 17.8. The lowest BCUT2D eigenvalue weighted by Gasteiger charge is -2.10. The molecule has 2 N–H and O–H groups in total. The van der Waals surface area contributed by atoms with Crippen molar-refractivity contribution < 1.29 is 13.6 Å². The Morgan fingerprint density at radius 2 is 1.18 bits per heavy atom. The highest BCUT2D eigenvalue weighted by molar-refractivity contribution is 7.33. The second-order valence-electron chi connectivity index (χ2n) is 6.65. The van der Waals surface area contributed by atoms with E-state index in [-0.39, 0.29) is 13.2 Å². The number of rotatable bonds is 14. The average Bonchev–Trinajstić information content (AvgIpc) is 2.72. The van der Waals surface area contributed by atoms with Crippen LogP contribution in [0.15, 0.2) is 48.5 Å². The maximum Gasteiger partial charge on any atom is 0.698 e. The highest BCUT2D eigenvalue weighted by Crippen LogP contribution is 2.30. The first-order valence-corrected chi connectivity index (χ1v) is 11.2. The molecule has 0 aromatic heterocycles. The molecule has 0 bridgehead atoms. The van der Waals surface area contributed by atoms with Gasteiger partial charge in [-0.15, -0.1) is 9.05 Å². The quantitative estimate of drug-likeness (QED) is 0.278. The maximum absolute atomic E-state index is 12.2. The first-order valence-electron chi connectivity index (χ1n) is 10.1. The molecule has 0 saturated carbocycles. The molecule has 0 spiro atoms. The van der Waals surface area contributed by atoms with E-state index in [1.165, 1.54) is 0 Å². The third-order valence-corrected chi connectivity index (χ3v) is 5.06. The molecule has 28 heavy (non-hydrogen) atoms. The standard InChI is InChI=1S/C22H32N2O3P/c1-3-5-15-23-21-13-9-7-11-19(21)17-26-28(25)27-18-20-12-8-10-14-22(20)24-16-6-4-2/h7-14,23-24H,3-6,15-18H2,1-2H3/q+1. The Balaban J connectivity index is 1.82. The number of para-hydroxylation sites is 2. The molecule has 0 fully saturated rings. The SMILES string of the molecule is CCCCNc1ccccc1CO[P+](=O)OCc1ccccc1NCCCC. The lowest BCUT2D eigenvalue weighted by Crippen LogP contribution is -2.04. The van der Waals surface area contributed by atoms with E-state index in [4.69, 9.17) is 9.05 Å². The Kier molecular flexibility index (Phi) is 10.6. The molecule has 0 amide bonds. The molecule has 0 aliphatic rings. The van der Waals surface area contributed by atoms with Crippen LogP contribution in [0.4, 0.5) is 11.4 Å². The Hall–Kier alpha value is -1.94. The van der Waals surface area contributed by atoms with Crippen LogP contribution in [0.25, 0.3) is 0 Å². The summed E-state index contributed by atoms with van der Waals surface area (Å²) in [6, 6.07) is 15.9. The van der Waals surface area contributed by atoms with Gasteiger partial charge in [-0.3, -0.25) is 0 Å². The van der Waals surface area contributed by atoms with E-state index in [0.717, 1.165) is 61.3 Å². The highest BCUT2D eigenvalue weighted by Gasteiger charge is 2.22. The first kappa shape index (κ1) is 22.4. The molecule has 0 radical (unpaired) electrons. The van der Waals surface area contributed by atoms with Gasteiger partial charge in [0.05, 0.1) is 0 Å². The number of benzene rings is 2. The molecule has 152 valence electrons. The van der Waals surface area contributed by atoms with Crippen LogP contribution in [0.1, 0.15) is 50.7 Å². The van der Waals surface area contributed by atoms with Crippen LogP contribution in [0.5, 0.6) is 0 Å². The van der Waals surface area contributed by atoms with Gasteiger partial charge in [0, 0.05) is 40.2 Å². The summed E-state index contributed by atoms with van der Waals surface area (Å²) in [5, 5.41) is 6.81. The van der Waals surface area contributed by atoms with Crippen molar-refractivity contribution in [2.75, 3.05) is 23.7 Å². The van der Waals surface area contributed by atoms with Gasteiger partial charge in [0.2, 0.25) is 0 Å². The van der Waals surface area contributed by atoms with E-state index < -0.39 is 8.25 Å². The number of hydrogen-bond acceptors (Lipinski definition) is 5. The van der Waals surface area contributed by atoms with Gasteiger partial charge in [0.25, 0.3) is 0 Å². The van der Waals surface area contributed by atoms with Crippen molar-refractivity contribution in [2.24, 2.45) is 0 Å². The van der Waals surface area contributed by atoms with Gasteiger partial charge >= 0.3 is 8.25 Å². The summed E-state index contributed by atoms with van der Waals surface area (Å²) in [4.78, 5) is 0. The van der Waals surface area contributed by atoms with Crippen LogP contribution in [0.3, 0.4) is 0 Å². The lowest BCUT2D eigenvalue weighted by atomic mass is 10.2. The summed E-state index contributed by atoms with van der Waals surface area (Å²) in [5.74, 6) is 0. The zero-order valence-electron chi connectivity index (χ0n) is 16.9. The van der Waals surface area contributed by atoms with Crippen LogP contribution < -0.4 is 10.6 Å². The minimum Gasteiger partial charge on any atom is -0.385 e. The summed E-state index contributed by atoms with van der Waals surface area (Å²) < 4.78 is 23.1. The van der Waals surface area contributed by atoms with Gasteiger partial charge in [-0.05, 0) is 25.0 Å². The van der Waals surface area contributed by atoms with Gasteiger partial charge < -0.3 is 10.6 Å². The Labute approximate surface area is 169 Å². The van der Waals surface area contributed by atoms with Crippen molar-refractivity contribution in [1.82, 2.24) is 0 Å². The molecule has 2 rings (SSSR count). The van der Waals surface area contributed by atoms with Crippen molar-refractivity contribution in [2.45, 2.75) is 52.7 Å². The van der Waals surface area contributed by atoms with E-state index in [9.17, 15) is 4.57 Å². The topological polar surface area (TPSA) is 59.6 Å². The summed E-state index contributed by atoms with van der Waals surface area (Å²) in [5.41, 5.74) is 3.99. The number of hydrogen-bond donors (Lipinski definition) is 2. The van der Waals surface area contributed by atoms with Crippen LogP contribution in [0.2, 0.25) is 0 Å². The lowest BCUT2D eigenvalue weighted by molar-refractivity contribution is 0.213. The molecule has 2 aromatic carbocycles. The largest absolute Gasteiger partial charge is 0.698 e. The van der Waals surface area contributed by atoms with E-state index in [1.807, 2.05) is 48.5 Å². The smallest absolute Gasteiger partial charge is 0.385 e. The fraction of sp³-hybridized carbons (Fsp3) is 0.455. The van der Waals surface area contributed by atoms with Gasteiger partial charge in [-0.25, -0.2) is 0 Å². The number of nitrogens with one attached hydrogen (secondary N) is 2. The average molecular weight is 403 g/mol. The predicted molar refractivity (Wildman–Crippen MR) is 117 cm³/mol. The molecular formula is C22H32N2O3P+. The van der Waals surface area contributed by atoms with Gasteiger partial charge in [0.15, 0.2) is 0 Å². The van der Waals surface area contributed by atoms with E-state index in [2.05, 4.69) is 24.5 Å². The van der Waals surface area contributed by atoms with Crippen molar-refractivity contribution in [1.29, 1.82) is 0 Å². The van der Waals surface area contributed by atoms with E-state index in [1.54, 1.807) is 0 Å². The molecule has 0 saturated heterocycles. The van der Waals surface area contributed by atoms with Gasteiger partial charge in [-0.2, -0.15) is 0 Å². The maximum atomic E-state index is 12.2. The van der Waals surface area contributed by atoms with Gasteiger partial charge in [-0.1, -0.05) is 63.1 Å². The third-order valence-electron chi connectivity index (χ3n) is 4.38. The molecule has 0 unspecified atom stereocenters. The summed E-state index contributed by atoms with van der Waals surface area (Å²) >= 11 is 0. The molecule has 5 nitrogen and oxygen atoms in total. The molecule has 0 atom stereocenters. The highest BCUT2D eigenvalue weighted by atomic mass is 31.1. The number of anilines is 2. The Bertz CT molecular complexity index is 665. The monoisotopic (exact) mass is 403 g/mol.